The maximum Gasteiger partial charge on any atom is 0.345 e. The molecule has 1 aliphatic carbocycles. The smallest absolute Gasteiger partial charge is 0.334 e. The molecule has 122 valence electrons. The fourth-order valence-corrected chi connectivity index (χ4v) is 3.04. The largest absolute Gasteiger partial charge is 0.345 e. The van der Waals surface area contributed by atoms with E-state index in [2.05, 4.69) is 10.1 Å². The summed E-state index contributed by atoms with van der Waals surface area (Å²) in [5.74, 6) is 1.73. The number of amides is 1. The molecule has 1 aliphatic heterocycles. The summed E-state index contributed by atoms with van der Waals surface area (Å²) in [6.07, 6.45) is 6.36. The van der Waals surface area contributed by atoms with Crippen LogP contribution in [0, 0.1) is 5.92 Å². The van der Waals surface area contributed by atoms with E-state index in [0.717, 1.165) is 12.4 Å². The lowest BCUT2D eigenvalue weighted by atomic mass is 10.3. The fourth-order valence-electron chi connectivity index (χ4n) is 3.04. The van der Waals surface area contributed by atoms with Crippen LogP contribution in [0.4, 0.5) is 0 Å². The highest BCUT2D eigenvalue weighted by Crippen LogP contribution is 2.29. The van der Waals surface area contributed by atoms with Gasteiger partial charge in [0.1, 0.15) is 5.82 Å². The standard InChI is InChI=1S/C15H20N6O2/c1-18-7-5-16-13(18)14(22)19-6-4-12-17-21(10-11-2-3-11)15(23)20(12)9-8-19/h5,7,11H,2-4,6,8-10H2,1H3. The van der Waals surface area contributed by atoms with E-state index in [4.69, 9.17) is 0 Å². The zero-order valence-corrected chi connectivity index (χ0v) is 13.2. The van der Waals surface area contributed by atoms with Crippen LogP contribution in [0.1, 0.15) is 29.3 Å². The van der Waals surface area contributed by atoms with Crippen LogP contribution in [-0.4, -0.2) is 47.8 Å². The predicted octanol–water partition coefficient (Wildman–Crippen LogP) is -0.113. The number of nitrogens with zero attached hydrogens (tertiary/aromatic N) is 6. The highest BCUT2D eigenvalue weighted by molar-refractivity contribution is 5.90. The van der Waals surface area contributed by atoms with Gasteiger partial charge in [-0.05, 0) is 18.8 Å². The Labute approximate surface area is 133 Å². The summed E-state index contributed by atoms with van der Waals surface area (Å²) >= 11 is 0. The van der Waals surface area contributed by atoms with E-state index in [1.807, 2.05) is 0 Å². The van der Waals surface area contributed by atoms with Gasteiger partial charge in [0.05, 0.1) is 0 Å². The first-order valence-corrected chi connectivity index (χ1v) is 8.06. The molecule has 8 heteroatoms. The first-order valence-electron chi connectivity index (χ1n) is 8.06. The van der Waals surface area contributed by atoms with Crippen molar-refractivity contribution in [3.05, 3.63) is 34.5 Å². The Hall–Kier alpha value is -2.38. The van der Waals surface area contributed by atoms with Gasteiger partial charge in [-0.25, -0.2) is 14.5 Å². The first-order chi connectivity index (χ1) is 11.1. The Morgan fingerprint density at radius 3 is 2.83 bits per heavy atom. The van der Waals surface area contributed by atoms with Gasteiger partial charge in [0.25, 0.3) is 5.91 Å². The number of carbonyl (C=O) groups excluding carboxylic acids is 1. The summed E-state index contributed by atoms with van der Waals surface area (Å²) in [5.41, 5.74) is -0.0433. The number of carbonyl (C=O) groups is 1. The van der Waals surface area contributed by atoms with Gasteiger partial charge in [-0.3, -0.25) is 9.36 Å². The molecule has 1 amide bonds. The number of rotatable bonds is 3. The quantitative estimate of drug-likeness (QED) is 0.791. The number of hydrogen-bond acceptors (Lipinski definition) is 4. The minimum absolute atomic E-state index is 0.0433. The van der Waals surface area contributed by atoms with Crippen molar-refractivity contribution in [2.45, 2.75) is 32.4 Å². The van der Waals surface area contributed by atoms with Crippen molar-refractivity contribution in [1.29, 1.82) is 0 Å². The zero-order chi connectivity index (χ0) is 16.0. The predicted molar refractivity (Wildman–Crippen MR) is 82.0 cm³/mol. The number of imidazole rings is 1. The van der Waals surface area contributed by atoms with Crippen LogP contribution in [-0.2, 0) is 26.6 Å². The zero-order valence-electron chi connectivity index (χ0n) is 13.2. The molecule has 2 aliphatic rings. The van der Waals surface area contributed by atoms with E-state index < -0.39 is 0 Å². The van der Waals surface area contributed by atoms with Gasteiger partial charge in [-0.2, -0.15) is 5.10 Å². The molecule has 3 heterocycles. The third-order valence-corrected chi connectivity index (χ3v) is 4.63. The van der Waals surface area contributed by atoms with Gasteiger partial charge in [-0.15, -0.1) is 0 Å². The monoisotopic (exact) mass is 316 g/mol. The number of hydrogen-bond donors (Lipinski definition) is 0. The Morgan fingerprint density at radius 2 is 2.13 bits per heavy atom. The molecular formula is C15H20N6O2. The Kier molecular flexibility index (Phi) is 3.32. The first kappa shape index (κ1) is 14.2. The highest BCUT2D eigenvalue weighted by atomic mass is 16.2. The van der Waals surface area contributed by atoms with Crippen LogP contribution in [0.25, 0.3) is 0 Å². The molecule has 2 aromatic rings. The Morgan fingerprint density at radius 1 is 1.30 bits per heavy atom. The molecule has 2 aromatic heterocycles. The number of fused-ring (bicyclic) bond motifs is 1. The van der Waals surface area contributed by atoms with E-state index in [1.165, 1.54) is 12.8 Å². The number of aryl methyl sites for hydroxylation is 1. The molecule has 1 fully saturated rings. The molecule has 0 unspecified atom stereocenters. The second kappa shape index (κ2) is 5.36. The fraction of sp³-hybridized carbons (Fsp3) is 0.600. The van der Waals surface area contributed by atoms with E-state index in [9.17, 15) is 9.59 Å². The van der Waals surface area contributed by atoms with Crippen LogP contribution in [0.2, 0.25) is 0 Å². The Balaban J connectivity index is 1.52. The lowest BCUT2D eigenvalue weighted by Crippen LogP contribution is -2.36. The molecule has 23 heavy (non-hydrogen) atoms. The third-order valence-electron chi connectivity index (χ3n) is 4.63. The average molecular weight is 316 g/mol. The van der Waals surface area contributed by atoms with Crippen molar-refractivity contribution in [2.75, 3.05) is 13.1 Å². The van der Waals surface area contributed by atoms with Crippen molar-refractivity contribution >= 4 is 5.91 Å². The summed E-state index contributed by atoms with van der Waals surface area (Å²) in [7, 11) is 1.81. The maximum atomic E-state index is 12.5. The van der Waals surface area contributed by atoms with E-state index in [1.54, 1.807) is 38.2 Å². The SMILES string of the molecule is Cn1ccnc1C(=O)N1CCc2nn(CC3CC3)c(=O)n2CC1. The molecule has 0 radical (unpaired) electrons. The highest BCUT2D eigenvalue weighted by Gasteiger charge is 2.27. The van der Waals surface area contributed by atoms with Crippen LogP contribution in [0.5, 0.6) is 0 Å². The van der Waals surface area contributed by atoms with Crippen molar-refractivity contribution in [3.8, 4) is 0 Å². The summed E-state index contributed by atoms with van der Waals surface area (Å²) in [5, 5.41) is 4.47. The van der Waals surface area contributed by atoms with Crippen molar-refractivity contribution in [1.82, 2.24) is 28.8 Å². The van der Waals surface area contributed by atoms with Crippen molar-refractivity contribution in [2.24, 2.45) is 13.0 Å². The number of aromatic nitrogens is 5. The minimum atomic E-state index is -0.0958. The molecule has 0 atom stereocenters. The van der Waals surface area contributed by atoms with Crippen LogP contribution in [0.15, 0.2) is 17.2 Å². The molecule has 0 N–H and O–H groups in total. The molecule has 1 saturated carbocycles. The van der Waals surface area contributed by atoms with Crippen molar-refractivity contribution < 1.29 is 4.79 Å². The molecule has 8 nitrogen and oxygen atoms in total. The van der Waals surface area contributed by atoms with Crippen molar-refractivity contribution in [3.63, 3.8) is 0 Å². The van der Waals surface area contributed by atoms with E-state index in [-0.39, 0.29) is 11.6 Å². The average Bonchev–Trinajstić information content (AvgIpc) is 3.23. The van der Waals surface area contributed by atoms with Gasteiger partial charge in [-0.1, -0.05) is 0 Å². The Bertz CT molecular complexity index is 797. The molecule has 0 bridgehead atoms. The van der Waals surface area contributed by atoms with Gasteiger partial charge in [0, 0.05) is 52.0 Å². The third kappa shape index (κ3) is 2.58. The van der Waals surface area contributed by atoms with Gasteiger partial charge in [0.2, 0.25) is 0 Å². The normalized spacial score (nSPS) is 17.9. The van der Waals surface area contributed by atoms with Gasteiger partial charge < -0.3 is 9.47 Å². The molecule has 0 spiro atoms. The lowest BCUT2D eigenvalue weighted by molar-refractivity contribution is 0.0742. The lowest BCUT2D eigenvalue weighted by Gasteiger charge is -2.19. The van der Waals surface area contributed by atoms with E-state index >= 15 is 0 Å². The van der Waals surface area contributed by atoms with Crippen LogP contribution < -0.4 is 5.69 Å². The van der Waals surface area contributed by atoms with Gasteiger partial charge >= 0.3 is 5.69 Å². The summed E-state index contributed by atoms with van der Waals surface area (Å²) in [4.78, 5) is 30.8. The van der Waals surface area contributed by atoms with Crippen LogP contribution in [0.3, 0.4) is 0 Å². The summed E-state index contributed by atoms with van der Waals surface area (Å²) < 4.78 is 5.03. The molecule has 0 aromatic carbocycles. The summed E-state index contributed by atoms with van der Waals surface area (Å²) in [6.45, 7) is 2.29. The second-order valence-corrected chi connectivity index (χ2v) is 6.38. The molecular weight excluding hydrogens is 296 g/mol. The maximum absolute atomic E-state index is 12.5. The van der Waals surface area contributed by atoms with Crippen LogP contribution >= 0.6 is 0 Å². The molecule has 4 rings (SSSR count). The van der Waals surface area contributed by atoms with E-state index in [0.29, 0.717) is 37.8 Å². The molecule has 0 saturated heterocycles. The topological polar surface area (TPSA) is 78.0 Å². The minimum Gasteiger partial charge on any atom is -0.334 e. The summed E-state index contributed by atoms with van der Waals surface area (Å²) in [6, 6.07) is 0. The second-order valence-electron chi connectivity index (χ2n) is 6.38. The van der Waals surface area contributed by atoms with Gasteiger partial charge in [0.15, 0.2) is 5.82 Å².